The van der Waals surface area contributed by atoms with Gasteiger partial charge in [0, 0.05) is 26.7 Å². The van der Waals surface area contributed by atoms with Crippen molar-refractivity contribution in [3.63, 3.8) is 0 Å². The molecule has 0 atom stereocenters. The quantitative estimate of drug-likeness (QED) is 0.681. The Morgan fingerprint density at radius 1 is 1.48 bits per heavy atom. The molecule has 6 nitrogen and oxygen atoms in total. The summed E-state index contributed by atoms with van der Waals surface area (Å²) < 4.78 is 5.46. The molecule has 21 heavy (non-hydrogen) atoms. The maximum absolute atomic E-state index is 12.0. The third kappa shape index (κ3) is 5.89. The second-order valence-electron chi connectivity index (χ2n) is 5.28. The average molecular weight is 314 g/mol. The van der Waals surface area contributed by atoms with Crippen molar-refractivity contribution in [1.29, 1.82) is 0 Å². The molecule has 0 aliphatic heterocycles. The van der Waals surface area contributed by atoms with Crippen LogP contribution in [0.1, 0.15) is 36.9 Å². The molecule has 1 aromatic heterocycles. The van der Waals surface area contributed by atoms with Crippen LogP contribution < -0.4 is 16.0 Å². The molecule has 1 aromatic rings. The maximum atomic E-state index is 12.0. The van der Waals surface area contributed by atoms with E-state index in [0.29, 0.717) is 23.9 Å². The molecule has 3 N–H and O–H groups in total. The van der Waals surface area contributed by atoms with E-state index in [2.05, 4.69) is 24.1 Å². The summed E-state index contributed by atoms with van der Waals surface area (Å²) in [5, 5.41) is 3.56. The molecule has 0 spiro atoms. The SMILES string of the molecule is CCN(C)c1nc(N)c(C(=O)NCCOCCC(C)C)s1. The van der Waals surface area contributed by atoms with Crippen LogP contribution in [0.5, 0.6) is 0 Å². The van der Waals surface area contributed by atoms with Gasteiger partial charge in [0.15, 0.2) is 5.13 Å². The third-order valence-corrected chi connectivity index (χ3v) is 4.20. The molecule has 0 aliphatic rings. The molecule has 1 heterocycles. The van der Waals surface area contributed by atoms with Gasteiger partial charge < -0.3 is 20.7 Å². The van der Waals surface area contributed by atoms with Crippen molar-refractivity contribution in [2.45, 2.75) is 27.2 Å². The van der Waals surface area contributed by atoms with Crippen molar-refractivity contribution in [2.75, 3.05) is 44.0 Å². The smallest absolute Gasteiger partial charge is 0.265 e. The molecular formula is C14H26N4O2S. The largest absolute Gasteiger partial charge is 0.382 e. The standard InChI is InChI=1S/C14H26N4O2S/c1-5-18(4)14-17-12(15)11(21-14)13(19)16-7-9-20-8-6-10(2)3/h10H,5-9,15H2,1-4H3,(H,16,19). The summed E-state index contributed by atoms with van der Waals surface area (Å²) in [6, 6.07) is 0. The summed E-state index contributed by atoms with van der Waals surface area (Å²) in [4.78, 5) is 18.7. The van der Waals surface area contributed by atoms with Gasteiger partial charge in [-0.25, -0.2) is 4.98 Å². The number of nitrogens with zero attached hydrogens (tertiary/aromatic N) is 2. The van der Waals surface area contributed by atoms with Crippen LogP contribution in [-0.2, 0) is 4.74 Å². The first-order chi connectivity index (χ1) is 9.95. The molecule has 1 amide bonds. The number of anilines is 2. The van der Waals surface area contributed by atoms with Crippen molar-refractivity contribution in [1.82, 2.24) is 10.3 Å². The third-order valence-electron chi connectivity index (χ3n) is 3.02. The van der Waals surface area contributed by atoms with Crippen LogP contribution in [-0.4, -0.2) is 44.2 Å². The highest BCUT2D eigenvalue weighted by molar-refractivity contribution is 7.18. The van der Waals surface area contributed by atoms with E-state index in [1.807, 2.05) is 18.9 Å². The minimum atomic E-state index is -0.187. The average Bonchev–Trinajstić information content (AvgIpc) is 2.83. The Morgan fingerprint density at radius 3 is 2.81 bits per heavy atom. The number of carbonyl (C=O) groups is 1. The summed E-state index contributed by atoms with van der Waals surface area (Å²) in [7, 11) is 1.92. The molecule has 0 aliphatic carbocycles. The zero-order valence-electron chi connectivity index (χ0n) is 13.3. The van der Waals surface area contributed by atoms with Gasteiger partial charge in [-0.2, -0.15) is 0 Å². The van der Waals surface area contributed by atoms with E-state index in [9.17, 15) is 4.79 Å². The Balaban J connectivity index is 2.37. The summed E-state index contributed by atoms with van der Waals surface area (Å²) in [5.74, 6) is 0.729. The molecule has 0 unspecified atom stereocenters. The highest BCUT2D eigenvalue weighted by Crippen LogP contribution is 2.26. The van der Waals surface area contributed by atoms with Crippen molar-refractivity contribution in [3.8, 4) is 0 Å². The molecule has 120 valence electrons. The van der Waals surface area contributed by atoms with E-state index in [0.717, 1.165) is 24.7 Å². The van der Waals surface area contributed by atoms with Gasteiger partial charge in [-0.05, 0) is 19.3 Å². The fourth-order valence-corrected chi connectivity index (χ4v) is 2.45. The summed E-state index contributed by atoms with van der Waals surface area (Å²) in [6.45, 7) is 8.86. The molecule has 7 heteroatoms. The molecule has 1 rings (SSSR count). The van der Waals surface area contributed by atoms with Crippen LogP contribution in [0.15, 0.2) is 0 Å². The number of amides is 1. The number of ether oxygens (including phenoxy) is 1. The van der Waals surface area contributed by atoms with Crippen molar-refractivity contribution in [2.24, 2.45) is 5.92 Å². The fourth-order valence-electron chi connectivity index (χ4n) is 1.52. The minimum absolute atomic E-state index is 0.187. The van der Waals surface area contributed by atoms with E-state index >= 15 is 0 Å². The van der Waals surface area contributed by atoms with Crippen LogP contribution >= 0.6 is 11.3 Å². The van der Waals surface area contributed by atoms with E-state index in [-0.39, 0.29) is 11.7 Å². The Labute approximate surface area is 130 Å². The number of carbonyl (C=O) groups excluding carboxylic acids is 1. The number of nitrogens with one attached hydrogen (secondary N) is 1. The van der Waals surface area contributed by atoms with E-state index in [4.69, 9.17) is 10.5 Å². The van der Waals surface area contributed by atoms with Gasteiger partial charge in [-0.3, -0.25) is 4.79 Å². The Kier molecular flexibility index (Phi) is 7.45. The predicted molar refractivity (Wildman–Crippen MR) is 88.1 cm³/mol. The van der Waals surface area contributed by atoms with Gasteiger partial charge >= 0.3 is 0 Å². The highest BCUT2D eigenvalue weighted by Gasteiger charge is 2.17. The Morgan fingerprint density at radius 2 is 2.19 bits per heavy atom. The molecule has 0 bridgehead atoms. The molecule has 0 radical (unpaired) electrons. The normalized spacial score (nSPS) is 10.9. The first kappa shape index (κ1) is 17.7. The first-order valence-corrected chi connectivity index (χ1v) is 8.10. The van der Waals surface area contributed by atoms with Crippen LogP contribution in [0.4, 0.5) is 10.9 Å². The lowest BCUT2D eigenvalue weighted by atomic mass is 10.1. The summed E-state index contributed by atoms with van der Waals surface area (Å²) in [5.41, 5.74) is 5.80. The second-order valence-corrected chi connectivity index (χ2v) is 6.25. The fraction of sp³-hybridized carbons (Fsp3) is 0.714. The van der Waals surface area contributed by atoms with E-state index < -0.39 is 0 Å². The van der Waals surface area contributed by atoms with Gasteiger partial charge in [-0.15, -0.1) is 0 Å². The van der Waals surface area contributed by atoms with Crippen molar-refractivity contribution >= 4 is 28.2 Å². The minimum Gasteiger partial charge on any atom is -0.382 e. The van der Waals surface area contributed by atoms with Crippen molar-refractivity contribution < 1.29 is 9.53 Å². The Bertz CT molecular complexity index is 448. The lowest BCUT2D eigenvalue weighted by Gasteiger charge is -2.10. The molecular weight excluding hydrogens is 288 g/mol. The highest BCUT2D eigenvalue weighted by atomic mass is 32.1. The van der Waals surface area contributed by atoms with Gasteiger partial charge in [0.1, 0.15) is 10.7 Å². The number of thiazole rings is 1. The van der Waals surface area contributed by atoms with Gasteiger partial charge in [0.25, 0.3) is 5.91 Å². The number of nitrogen functional groups attached to an aromatic ring is 1. The molecule has 0 fully saturated rings. The number of aromatic nitrogens is 1. The lowest BCUT2D eigenvalue weighted by Crippen LogP contribution is -2.27. The number of hydrogen-bond donors (Lipinski definition) is 2. The van der Waals surface area contributed by atoms with Gasteiger partial charge in [-0.1, -0.05) is 25.2 Å². The molecule has 0 saturated heterocycles. The summed E-state index contributed by atoms with van der Waals surface area (Å²) >= 11 is 1.31. The summed E-state index contributed by atoms with van der Waals surface area (Å²) in [6.07, 6.45) is 1.03. The Hall–Kier alpha value is -1.34. The topological polar surface area (TPSA) is 80.5 Å². The van der Waals surface area contributed by atoms with Crippen molar-refractivity contribution in [3.05, 3.63) is 4.88 Å². The van der Waals surface area contributed by atoms with Crippen LogP contribution in [0.3, 0.4) is 0 Å². The zero-order chi connectivity index (χ0) is 15.8. The van der Waals surface area contributed by atoms with Crippen LogP contribution in [0.2, 0.25) is 0 Å². The number of hydrogen-bond acceptors (Lipinski definition) is 6. The monoisotopic (exact) mass is 314 g/mol. The maximum Gasteiger partial charge on any atom is 0.265 e. The number of nitrogens with two attached hydrogens (primary N) is 1. The van der Waals surface area contributed by atoms with E-state index in [1.165, 1.54) is 11.3 Å². The molecule has 0 saturated carbocycles. The lowest BCUT2D eigenvalue weighted by molar-refractivity contribution is 0.0910. The van der Waals surface area contributed by atoms with Crippen LogP contribution in [0, 0.1) is 5.92 Å². The second kappa shape index (κ2) is 8.84. The van der Waals surface area contributed by atoms with E-state index in [1.54, 1.807) is 0 Å². The molecule has 0 aromatic carbocycles. The zero-order valence-corrected chi connectivity index (χ0v) is 14.1. The van der Waals surface area contributed by atoms with Gasteiger partial charge in [0.05, 0.1) is 6.61 Å². The van der Waals surface area contributed by atoms with Crippen LogP contribution in [0.25, 0.3) is 0 Å². The predicted octanol–water partition coefficient (Wildman–Crippen LogP) is 1.97. The first-order valence-electron chi connectivity index (χ1n) is 7.29. The van der Waals surface area contributed by atoms with Gasteiger partial charge in [0.2, 0.25) is 0 Å². The number of rotatable bonds is 9.